The third-order valence-electron chi connectivity index (χ3n) is 20.3. The number of ether oxygens (including phenoxy) is 4. The maximum absolute atomic E-state index is 13.8. The zero-order chi connectivity index (χ0) is 55.5. The van der Waals surface area contributed by atoms with E-state index in [1.54, 1.807) is 42.2 Å². The summed E-state index contributed by atoms with van der Waals surface area (Å²) in [6.45, 7) is 7.38. The topological polar surface area (TPSA) is 253 Å². The number of aryl methyl sites for hydroxylation is 1. The molecule has 1 aromatic heterocycles. The van der Waals surface area contributed by atoms with E-state index in [-0.39, 0.29) is 92.0 Å². The first-order valence-electron chi connectivity index (χ1n) is 30.0. The molecule has 440 valence electrons. The number of allylic oxidation sites excluding steroid dienone is 1. The Bertz CT molecular complexity index is 2330. The predicted octanol–water partition coefficient (Wildman–Crippen LogP) is 6.97. The summed E-state index contributed by atoms with van der Waals surface area (Å²) in [7, 11) is 5.36. The Balaban J connectivity index is 1.21. The maximum Gasteiger partial charge on any atom is 0.306 e. The van der Waals surface area contributed by atoms with Crippen molar-refractivity contribution in [3.8, 4) is 11.5 Å². The lowest BCUT2D eigenvalue weighted by Crippen LogP contribution is -2.86. The number of unbranched alkanes of at least 4 members (excludes halogenated alkanes) is 2. The smallest absolute Gasteiger partial charge is 0.306 e. The van der Waals surface area contributed by atoms with Crippen molar-refractivity contribution in [2.75, 3.05) is 52.3 Å². The number of furan rings is 1. The number of benzene rings is 1. The molecule has 7 aliphatic rings. The first-order chi connectivity index (χ1) is 37.6. The lowest BCUT2D eigenvalue weighted by Gasteiger charge is -2.67. The van der Waals surface area contributed by atoms with Crippen molar-refractivity contribution in [2.24, 2.45) is 46.8 Å². The van der Waals surface area contributed by atoms with Crippen molar-refractivity contribution < 1.29 is 69.0 Å². The molecule has 16 nitrogen and oxygen atoms in total. The van der Waals surface area contributed by atoms with Gasteiger partial charge in [-0.05, 0) is 163 Å². The van der Waals surface area contributed by atoms with Crippen molar-refractivity contribution in [1.82, 2.24) is 10.6 Å². The molecule has 2 saturated heterocycles. The summed E-state index contributed by atoms with van der Waals surface area (Å²) >= 11 is 0. The molecule has 3 saturated carbocycles. The molecule has 3 aliphatic heterocycles. The van der Waals surface area contributed by atoms with Crippen LogP contribution in [0.3, 0.4) is 0 Å². The Morgan fingerprint density at radius 1 is 1.00 bits per heavy atom. The van der Waals surface area contributed by atoms with Crippen LogP contribution >= 0.6 is 21.6 Å². The largest absolute Gasteiger partial charge is 0.485 e. The van der Waals surface area contributed by atoms with Gasteiger partial charge in [-0.2, -0.15) is 0 Å². The summed E-state index contributed by atoms with van der Waals surface area (Å²) in [5, 5.41) is 107. The van der Waals surface area contributed by atoms with E-state index < -0.39 is 82.6 Å². The molecule has 9 rings (SSSR count). The van der Waals surface area contributed by atoms with Crippen molar-refractivity contribution in [1.29, 1.82) is 0 Å². The van der Waals surface area contributed by atoms with Gasteiger partial charge in [0.15, 0.2) is 16.9 Å². The first kappa shape index (κ1) is 60.4. The molecule has 3 spiro atoms. The SMILES string of the molecule is CCCCC[C@H](CO)C[C@H](O)CC[C@@H]1[C@@]2(CC[C@H](CNC)C2)CC[C@]12SSC[C@@]13O[C@@H](Oc4c(CCC(=O)OCC)cc5ccoc5c4OCCN[C@H]2CC[C@H](C)CCC[C@H]1O)[C@@]1(O)[C@@H]2[C@H](CO)[C@@H](O)C=C[C@H]2C[C@]3(O)[C@@H]1O. The lowest BCUT2D eigenvalue weighted by molar-refractivity contribution is -0.424. The second kappa shape index (κ2) is 25.8. The number of hydrogen-bond donors (Lipinski definition) is 10. The van der Waals surface area contributed by atoms with E-state index in [2.05, 4.69) is 24.5 Å². The number of carbonyl (C=O) groups excluding carboxylic acids is 1. The van der Waals surface area contributed by atoms with Crippen molar-refractivity contribution in [3.63, 3.8) is 0 Å². The average molecular weight is 1130 g/mol. The number of nitrogens with one attached hydrogen (secondary N) is 2. The number of rotatable bonds is 17. The van der Waals surface area contributed by atoms with Crippen LogP contribution in [-0.2, 0) is 20.7 Å². The van der Waals surface area contributed by atoms with Gasteiger partial charge in [0, 0.05) is 59.9 Å². The van der Waals surface area contributed by atoms with E-state index in [1.165, 1.54) is 10.8 Å². The number of fused-ring (bicyclic) bond motifs is 11. The molecule has 10 N–H and O–H groups in total. The van der Waals surface area contributed by atoms with E-state index in [9.17, 15) is 45.6 Å². The minimum absolute atomic E-state index is 0.0170. The maximum atomic E-state index is 13.8. The summed E-state index contributed by atoms with van der Waals surface area (Å²) in [4.78, 5) is 13.1. The van der Waals surface area contributed by atoms with Gasteiger partial charge in [0.25, 0.3) is 0 Å². The Morgan fingerprint density at radius 2 is 1.83 bits per heavy atom. The van der Waals surface area contributed by atoms with E-state index in [1.807, 2.05) is 13.1 Å². The van der Waals surface area contributed by atoms with Gasteiger partial charge in [0.1, 0.15) is 23.9 Å². The fourth-order valence-corrected chi connectivity index (χ4v) is 20.6. The third kappa shape index (κ3) is 11.5. The van der Waals surface area contributed by atoms with E-state index >= 15 is 0 Å². The Hall–Kier alpha value is -2.17. The normalized spacial score (nSPS) is 39.8. The molecule has 0 radical (unpaired) electrons. The summed E-state index contributed by atoms with van der Waals surface area (Å²) in [6.07, 6.45) is 12.3. The number of hydrogen-bond acceptors (Lipinski definition) is 18. The fourth-order valence-electron chi connectivity index (χ4n) is 16.3. The van der Waals surface area contributed by atoms with Crippen molar-refractivity contribution in [3.05, 3.63) is 36.1 Å². The molecule has 1 aromatic carbocycles. The molecule has 2 aromatic rings. The van der Waals surface area contributed by atoms with E-state index in [4.69, 9.17) is 23.4 Å². The highest BCUT2D eigenvalue weighted by molar-refractivity contribution is 8.77. The molecule has 0 unspecified atom stereocenters. The van der Waals surface area contributed by atoms with Gasteiger partial charge in [0.05, 0.1) is 31.2 Å². The summed E-state index contributed by atoms with van der Waals surface area (Å²) in [6, 6.07) is 3.58. The fraction of sp³-hybridized carbons (Fsp3) is 0.817. The molecule has 78 heavy (non-hydrogen) atoms. The van der Waals surface area contributed by atoms with Crippen LogP contribution in [0.15, 0.2) is 35.0 Å². The molecule has 4 aliphatic carbocycles. The molecule has 0 amide bonds. The van der Waals surface area contributed by atoms with Crippen LogP contribution in [0.4, 0.5) is 0 Å². The predicted molar refractivity (Wildman–Crippen MR) is 302 cm³/mol. The van der Waals surface area contributed by atoms with Crippen LogP contribution in [0.25, 0.3) is 11.0 Å². The average Bonchev–Trinajstić information content (AvgIpc) is 4.20. The minimum Gasteiger partial charge on any atom is -0.485 e. The van der Waals surface area contributed by atoms with E-state index in [0.29, 0.717) is 48.3 Å². The number of carbonyl (C=O) groups is 1. The van der Waals surface area contributed by atoms with Crippen LogP contribution in [-0.4, -0.2) is 157 Å². The van der Waals surface area contributed by atoms with E-state index in [0.717, 1.165) is 90.0 Å². The highest BCUT2D eigenvalue weighted by Gasteiger charge is 2.78. The van der Waals surface area contributed by atoms with Gasteiger partial charge in [-0.1, -0.05) is 79.7 Å². The monoisotopic (exact) mass is 1130 g/mol. The second-order valence-electron chi connectivity index (χ2n) is 25.0. The number of esters is 1. The number of aliphatic hydroxyl groups excluding tert-OH is 6. The Labute approximate surface area is 470 Å². The summed E-state index contributed by atoms with van der Waals surface area (Å²) in [5.41, 5.74) is -5.95. The highest BCUT2D eigenvalue weighted by Crippen LogP contribution is 2.69. The lowest BCUT2D eigenvalue weighted by atomic mass is 9.50. The molecule has 18 heteroatoms. The van der Waals surface area contributed by atoms with Crippen molar-refractivity contribution in [2.45, 2.75) is 207 Å². The molecule has 5 bridgehead atoms. The minimum atomic E-state index is -2.51. The quantitative estimate of drug-likeness (QED) is 0.0332. The Morgan fingerprint density at radius 3 is 2.60 bits per heavy atom. The second-order valence-corrected chi connectivity index (χ2v) is 27.7. The third-order valence-corrected chi connectivity index (χ3v) is 23.7. The van der Waals surface area contributed by atoms with Gasteiger partial charge in [0.2, 0.25) is 12.0 Å². The standard InChI is InChI=1S/C60H94N2O14S2/c1-5-7-8-11-38(34-63)29-43(65)16-18-46-56(23-21-39(31-56)33-61-4)24-25-57(46)47-19-13-37(3)10-9-12-48(67)59(36-77-78-57)58(70)32-42-14-17-45(66)44(35-64)50(42)60(71,54(58)69)55(76-59)75-52-40(15-20-49(68)72-6-2)30-41-22-27-73-51(41)53(52)74-28-26-62-47/h14,17,22,27,30,37-39,42-48,50,54-55,61-67,69-71H,5-13,15-16,18-21,23-26,28-29,31-36H2,1-4H3/t37-,38+,39+,42+,43-,44-,45+,46-,47+,48-,50+,54+,55-,56+,57+,58+,59-,60-/m1/s1. The Kier molecular flexibility index (Phi) is 20.0. The van der Waals surface area contributed by atoms with Crippen LogP contribution in [0.1, 0.15) is 148 Å². The van der Waals surface area contributed by atoms with Crippen LogP contribution < -0.4 is 20.1 Å². The van der Waals surface area contributed by atoms with Gasteiger partial charge < -0.3 is 74.9 Å². The highest BCUT2D eigenvalue weighted by atomic mass is 33.1. The van der Waals surface area contributed by atoms with Crippen LogP contribution in [0, 0.1) is 46.8 Å². The molecular formula is C60H94N2O14S2. The first-order valence-corrected chi connectivity index (χ1v) is 32.3. The van der Waals surface area contributed by atoms with Crippen LogP contribution in [0.2, 0.25) is 0 Å². The molecular weight excluding hydrogens is 1040 g/mol. The summed E-state index contributed by atoms with van der Waals surface area (Å²) < 4.78 is 32.5. The zero-order valence-corrected chi connectivity index (χ0v) is 48.5. The van der Waals surface area contributed by atoms with Gasteiger partial charge in [-0.3, -0.25) is 4.79 Å². The van der Waals surface area contributed by atoms with Crippen molar-refractivity contribution >= 4 is 38.5 Å². The molecule has 5 fully saturated rings. The van der Waals surface area contributed by atoms with Gasteiger partial charge >= 0.3 is 5.97 Å². The summed E-state index contributed by atoms with van der Waals surface area (Å²) in [5.74, 6) is -2.06. The number of aliphatic hydroxyl groups is 8. The molecule has 4 heterocycles. The van der Waals surface area contributed by atoms with Gasteiger partial charge in [-0.25, -0.2) is 0 Å². The zero-order valence-electron chi connectivity index (χ0n) is 46.8. The van der Waals surface area contributed by atoms with Crippen LogP contribution in [0.5, 0.6) is 11.5 Å². The molecule has 18 atom stereocenters. The van der Waals surface area contributed by atoms with Gasteiger partial charge in [-0.15, -0.1) is 0 Å².